The molecule has 23 heavy (non-hydrogen) atoms. The van der Waals surface area contributed by atoms with E-state index in [1.807, 2.05) is 13.8 Å². The van der Waals surface area contributed by atoms with Gasteiger partial charge in [0.2, 0.25) is 11.8 Å². The highest BCUT2D eigenvalue weighted by atomic mass is 16.8. The van der Waals surface area contributed by atoms with Crippen LogP contribution in [-0.2, 0) is 18.9 Å². The summed E-state index contributed by atoms with van der Waals surface area (Å²) >= 11 is 0. The van der Waals surface area contributed by atoms with Crippen LogP contribution in [0, 0.1) is 0 Å². The van der Waals surface area contributed by atoms with Crippen molar-refractivity contribution in [1.82, 2.24) is 5.32 Å². The first kappa shape index (κ1) is 22.8. The SMILES string of the molecule is CCCCOC(C)([N]C(C)(OCCC)OCCCC)OCCC. The van der Waals surface area contributed by atoms with Crippen LogP contribution in [0.1, 0.15) is 80.1 Å². The number of rotatable bonds is 16. The van der Waals surface area contributed by atoms with Crippen molar-refractivity contribution in [3.8, 4) is 0 Å². The van der Waals surface area contributed by atoms with Gasteiger partial charge < -0.3 is 18.9 Å². The molecule has 0 aliphatic carbocycles. The third kappa shape index (κ3) is 11.1. The molecule has 0 heterocycles. The number of ether oxygens (including phenoxy) is 4. The molecule has 0 N–H and O–H groups in total. The van der Waals surface area contributed by atoms with Crippen LogP contribution in [-0.4, -0.2) is 38.2 Å². The summed E-state index contributed by atoms with van der Waals surface area (Å²) in [6.07, 6.45) is 5.91. The van der Waals surface area contributed by atoms with E-state index in [1.165, 1.54) is 0 Å². The average Bonchev–Trinajstić information content (AvgIpc) is 2.52. The molecule has 1 radical (unpaired) electrons. The Morgan fingerprint density at radius 2 is 0.913 bits per heavy atom. The summed E-state index contributed by atoms with van der Waals surface area (Å²) in [6.45, 7) is 14.5. The number of hydrogen-bond acceptors (Lipinski definition) is 4. The van der Waals surface area contributed by atoms with Gasteiger partial charge in [-0.15, -0.1) is 5.32 Å². The third-order valence-electron chi connectivity index (χ3n) is 3.29. The maximum atomic E-state index is 5.91. The van der Waals surface area contributed by atoms with Gasteiger partial charge in [0.1, 0.15) is 0 Å². The quantitative estimate of drug-likeness (QED) is 0.310. The summed E-state index contributed by atoms with van der Waals surface area (Å²) in [5.74, 6) is -2.08. The molecule has 0 aliphatic rings. The lowest BCUT2D eigenvalue weighted by Gasteiger charge is -2.38. The Morgan fingerprint density at radius 3 is 1.22 bits per heavy atom. The maximum absolute atomic E-state index is 5.91. The summed E-state index contributed by atoms with van der Waals surface area (Å²) in [6, 6.07) is 0. The average molecular weight is 333 g/mol. The second-order valence-corrected chi connectivity index (χ2v) is 6.01. The number of hydrogen-bond donors (Lipinski definition) is 0. The largest absolute Gasteiger partial charge is 0.336 e. The Morgan fingerprint density at radius 1 is 0.565 bits per heavy atom. The lowest BCUT2D eigenvalue weighted by molar-refractivity contribution is -0.335. The first-order valence-corrected chi connectivity index (χ1v) is 9.25. The molecule has 0 rings (SSSR count). The molecular formula is C18H38NO4. The molecule has 0 fully saturated rings. The van der Waals surface area contributed by atoms with Gasteiger partial charge in [-0.25, -0.2) is 0 Å². The molecule has 0 amide bonds. The first-order chi connectivity index (χ1) is 10.9. The minimum Gasteiger partial charge on any atom is -0.336 e. The van der Waals surface area contributed by atoms with Crippen molar-refractivity contribution in [1.29, 1.82) is 0 Å². The third-order valence-corrected chi connectivity index (χ3v) is 3.29. The van der Waals surface area contributed by atoms with Crippen molar-refractivity contribution in [3.63, 3.8) is 0 Å². The van der Waals surface area contributed by atoms with Crippen LogP contribution in [0.2, 0.25) is 0 Å². The molecule has 0 aromatic heterocycles. The summed E-state index contributed by atoms with van der Waals surface area (Å²) in [5, 5.41) is 4.67. The Kier molecular flexibility index (Phi) is 13.0. The zero-order valence-corrected chi connectivity index (χ0v) is 16.2. The van der Waals surface area contributed by atoms with E-state index in [1.54, 1.807) is 0 Å². The van der Waals surface area contributed by atoms with E-state index in [9.17, 15) is 0 Å². The van der Waals surface area contributed by atoms with Crippen LogP contribution >= 0.6 is 0 Å². The second-order valence-electron chi connectivity index (χ2n) is 6.01. The summed E-state index contributed by atoms with van der Waals surface area (Å²) in [5.41, 5.74) is 0. The molecular weight excluding hydrogens is 294 g/mol. The van der Waals surface area contributed by atoms with E-state index in [0.717, 1.165) is 38.5 Å². The molecule has 139 valence electrons. The van der Waals surface area contributed by atoms with Gasteiger partial charge in [0.25, 0.3) is 0 Å². The Balaban J connectivity index is 4.83. The van der Waals surface area contributed by atoms with Gasteiger partial charge in [0.15, 0.2) is 0 Å². The van der Waals surface area contributed by atoms with Gasteiger partial charge in [-0.3, -0.25) is 0 Å². The van der Waals surface area contributed by atoms with E-state index in [0.29, 0.717) is 26.4 Å². The number of nitrogens with zero attached hydrogens (tertiary/aromatic N) is 1. The highest BCUT2D eigenvalue weighted by Crippen LogP contribution is 2.22. The van der Waals surface area contributed by atoms with Crippen molar-refractivity contribution >= 4 is 0 Å². The van der Waals surface area contributed by atoms with E-state index < -0.39 is 11.8 Å². The molecule has 0 bridgehead atoms. The van der Waals surface area contributed by atoms with E-state index in [-0.39, 0.29) is 0 Å². The summed E-state index contributed by atoms with van der Waals surface area (Å²) in [4.78, 5) is 0. The Labute approximate surface area is 143 Å². The van der Waals surface area contributed by atoms with Crippen molar-refractivity contribution in [2.75, 3.05) is 26.4 Å². The molecule has 0 saturated carbocycles. The zero-order valence-electron chi connectivity index (χ0n) is 16.2. The maximum Gasteiger partial charge on any atom is 0.244 e. The highest BCUT2D eigenvalue weighted by molar-refractivity contribution is 4.69. The van der Waals surface area contributed by atoms with Crippen LogP contribution in [0.15, 0.2) is 0 Å². The van der Waals surface area contributed by atoms with Gasteiger partial charge >= 0.3 is 0 Å². The lowest BCUT2D eigenvalue weighted by atomic mass is 10.3. The van der Waals surface area contributed by atoms with Crippen molar-refractivity contribution in [2.45, 2.75) is 91.9 Å². The summed E-state index contributed by atoms with van der Waals surface area (Å²) in [7, 11) is 0. The van der Waals surface area contributed by atoms with Gasteiger partial charge in [0, 0.05) is 13.8 Å². The minimum absolute atomic E-state index is 0.588. The fourth-order valence-corrected chi connectivity index (χ4v) is 1.98. The van der Waals surface area contributed by atoms with Crippen LogP contribution in [0.4, 0.5) is 0 Å². The standard InChI is InChI=1S/C18H38NO4/c1-7-11-15-22-17(5,20-13-9-3)19-18(6,21-14-10-4)23-16-12-8-2/h7-16H2,1-6H3. The Hall–Kier alpha value is -0.200. The highest BCUT2D eigenvalue weighted by Gasteiger charge is 2.39. The van der Waals surface area contributed by atoms with Gasteiger partial charge in [-0.05, 0) is 25.7 Å². The molecule has 0 aromatic carbocycles. The molecule has 2 unspecified atom stereocenters. The van der Waals surface area contributed by atoms with Crippen molar-refractivity contribution < 1.29 is 18.9 Å². The fourth-order valence-electron chi connectivity index (χ4n) is 1.98. The van der Waals surface area contributed by atoms with Crippen LogP contribution in [0.25, 0.3) is 0 Å². The van der Waals surface area contributed by atoms with Crippen molar-refractivity contribution in [3.05, 3.63) is 0 Å². The van der Waals surface area contributed by atoms with E-state index >= 15 is 0 Å². The predicted octanol–water partition coefficient (Wildman–Crippen LogP) is 4.42. The smallest absolute Gasteiger partial charge is 0.244 e. The zero-order chi connectivity index (χ0) is 17.6. The molecule has 2 atom stereocenters. The first-order valence-electron chi connectivity index (χ1n) is 9.25. The second kappa shape index (κ2) is 13.1. The van der Waals surface area contributed by atoms with E-state index in [2.05, 4.69) is 33.0 Å². The van der Waals surface area contributed by atoms with Gasteiger partial charge in [-0.2, -0.15) is 0 Å². The molecule has 5 nitrogen and oxygen atoms in total. The normalized spacial score (nSPS) is 17.0. The molecule has 0 spiro atoms. The number of unbranched alkanes of at least 4 members (excludes halogenated alkanes) is 2. The van der Waals surface area contributed by atoms with Gasteiger partial charge in [0.05, 0.1) is 26.4 Å². The van der Waals surface area contributed by atoms with Crippen LogP contribution < -0.4 is 5.32 Å². The molecule has 5 heteroatoms. The van der Waals surface area contributed by atoms with Gasteiger partial charge in [-0.1, -0.05) is 40.5 Å². The molecule has 0 saturated heterocycles. The van der Waals surface area contributed by atoms with E-state index in [4.69, 9.17) is 18.9 Å². The lowest BCUT2D eigenvalue weighted by Crippen LogP contribution is -2.55. The van der Waals surface area contributed by atoms with Crippen molar-refractivity contribution in [2.24, 2.45) is 0 Å². The Bertz CT molecular complexity index is 252. The molecule has 0 aliphatic heterocycles. The van der Waals surface area contributed by atoms with Crippen LogP contribution in [0.5, 0.6) is 0 Å². The fraction of sp³-hybridized carbons (Fsp3) is 1.00. The minimum atomic E-state index is -1.04. The van der Waals surface area contributed by atoms with Crippen LogP contribution in [0.3, 0.4) is 0 Å². The monoisotopic (exact) mass is 332 g/mol. The predicted molar refractivity (Wildman–Crippen MR) is 93.2 cm³/mol. The topological polar surface area (TPSA) is 51.0 Å². The molecule has 0 aromatic rings. The summed E-state index contributed by atoms with van der Waals surface area (Å²) < 4.78 is 23.5.